The topological polar surface area (TPSA) is 26.3 Å². The van der Waals surface area contributed by atoms with E-state index in [-0.39, 0.29) is 12.6 Å². The molecule has 1 saturated carbocycles. The molecule has 0 N–H and O–H groups in total. The van der Waals surface area contributed by atoms with E-state index in [0.717, 1.165) is 10.0 Å². The standard InChI is InChI=1S/C12H11BrCl2O2/c1-11(7-12(11,14)15)10(16)17-6-8-4-2-3-5-9(8)13/h2-5H,6-7H2,1H3. The zero-order valence-electron chi connectivity index (χ0n) is 9.17. The Morgan fingerprint density at radius 1 is 1.47 bits per heavy atom. The van der Waals surface area contributed by atoms with Gasteiger partial charge in [-0.05, 0) is 13.0 Å². The molecule has 1 aliphatic rings. The summed E-state index contributed by atoms with van der Waals surface area (Å²) in [5.74, 6) is -0.349. The van der Waals surface area contributed by atoms with Crippen LogP contribution in [0.1, 0.15) is 18.9 Å². The van der Waals surface area contributed by atoms with Gasteiger partial charge in [0.05, 0.1) is 0 Å². The SMILES string of the molecule is CC1(C(=O)OCc2ccccc2Br)CC1(Cl)Cl. The van der Waals surface area contributed by atoms with Gasteiger partial charge in [0.1, 0.15) is 16.4 Å². The maximum atomic E-state index is 11.8. The maximum absolute atomic E-state index is 11.8. The summed E-state index contributed by atoms with van der Waals surface area (Å²) in [4.78, 5) is 11.8. The Hall–Kier alpha value is -0.250. The van der Waals surface area contributed by atoms with Crippen LogP contribution in [0.4, 0.5) is 0 Å². The molecule has 0 bridgehead atoms. The number of carbonyl (C=O) groups is 1. The summed E-state index contributed by atoms with van der Waals surface area (Å²) in [5.41, 5.74) is 0.150. The summed E-state index contributed by atoms with van der Waals surface area (Å²) in [6.07, 6.45) is 0.442. The molecule has 2 nitrogen and oxygen atoms in total. The molecular weight excluding hydrogens is 327 g/mol. The number of esters is 1. The molecule has 92 valence electrons. The van der Waals surface area contributed by atoms with Crippen LogP contribution in [-0.2, 0) is 16.1 Å². The van der Waals surface area contributed by atoms with Crippen molar-refractivity contribution in [2.45, 2.75) is 24.3 Å². The van der Waals surface area contributed by atoms with Gasteiger partial charge in [-0.2, -0.15) is 0 Å². The lowest BCUT2D eigenvalue weighted by atomic mass is 10.1. The van der Waals surface area contributed by atoms with E-state index in [1.54, 1.807) is 6.92 Å². The van der Waals surface area contributed by atoms with E-state index < -0.39 is 9.75 Å². The molecule has 5 heteroatoms. The zero-order chi connectivity index (χ0) is 12.7. The summed E-state index contributed by atoms with van der Waals surface area (Å²) in [6, 6.07) is 7.58. The molecule has 0 amide bonds. The molecule has 2 rings (SSSR count). The number of ether oxygens (including phenoxy) is 1. The van der Waals surface area contributed by atoms with Crippen LogP contribution in [0, 0.1) is 5.41 Å². The quantitative estimate of drug-likeness (QED) is 0.613. The van der Waals surface area contributed by atoms with Crippen LogP contribution in [0.2, 0.25) is 0 Å². The Morgan fingerprint density at radius 2 is 2.06 bits per heavy atom. The lowest BCUT2D eigenvalue weighted by Gasteiger charge is -2.12. The van der Waals surface area contributed by atoms with Gasteiger partial charge in [-0.3, -0.25) is 4.79 Å². The minimum Gasteiger partial charge on any atom is -0.460 e. The minimum absolute atomic E-state index is 0.222. The summed E-state index contributed by atoms with van der Waals surface area (Å²) in [7, 11) is 0. The van der Waals surface area contributed by atoms with Crippen LogP contribution in [0.5, 0.6) is 0 Å². The molecule has 0 heterocycles. The highest BCUT2D eigenvalue weighted by Crippen LogP contribution is 2.64. The molecule has 1 unspecified atom stereocenters. The van der Waals surface area contributed by atoms with Crippen molar-refractivity contribution in [1.82, 2.24) is 0 Å². The van der Waals surface area contributed by atoms with Gasteiger partial charge in [0.25, 0.3) is 0 Å². The molecule has 1 atom stereocenters. The fourth-order valence-corrected chi connectivity index (χ4v) is 2.63. The molecule has 1 aliphatic carbocycles. The van der Waals surface area contributed by atoms with Crippen molar-refractivity contribution in [3.63, 3.8) is 0 Å². The third-order valence-electron chi connectivity index (χ3n) is 3.02. The molecule has 1 fully saturated rings. The number of carbonyl (C=O) groups excluding carboxylic acids is 1. The number of hydrogen-bond donors (Lipinski definition) is 0. The lowest BCUT2D eigenvalue weighted by molar-refractivity contribution is -0.150. The van der Waals surface area contributed by atoms with Gasteiger partial charge in [-0.15, -0.1) is 23.2 Å². The third kappa shape index (κ3) is 2.47. The van der Waals surface area contributed by atoms with Gasteiger partial charge in [-0.25, -0.2) is 0 Å². The van der Waals surface area contributed by atoms with E-state index in [4.69, 9.17) is 27.9 Å². The largest absolute Gasteiger partial charge is 0.460 e. The fraction of sp³-hybridized carbons (Fsp3) is 0.417. The Bertz CT molecular complexity index is 462. The first-order chi connectivity index (χ1) is 7.87. The van der Waals surface area contributed by atoms with E-state index in [1.165, 1.54) is 0 Å². The second kappa shape index (κ2) is 4.45. The fourth-order valence-electron chi connectivity index (χ4n) is 1.54. The van der Waals surface area contributed by atoms with Crippen molar-refractivity contribution in [3.8, 4) is 0 Å². The monoisotopic (exact) mass is 336 g/mol. The molecule has 0 saturated heterocycles. The average Bonchev–Trinajstić information content (AvgIpc) is 2.78. The maximum Gasteiger partial charge on any atom is 0.315 e. The van der Waals surface area contributed by atoms with Crippen LogP contribution >= 0.6 is 39.1 Å². The van der Waals surface area contributed by atoms with Crippen molar-refractivity contribution in [2.75, 3.05) is 0 Å². The number of rotatable bonds is 3. The third-order valence-corrected chi connectivity index (χ3v) is 4.90. The van der Waals surface area contributed by atoms with E-state index in [2.05, 4.69) is 15.9 Å². The van der Waals surface area contributed by atoms with Crippen molar-refractivity contribution in [3.05, 3.63) is 34.3 Å². The number of alkyl halides is 2. The number of hydrogen-bond acceptors (Lipinski definition) is 2. The van der Waals surface area contributed by atoms with Crippen molar-refractivity contribution in [1.29, 1.82) is 0 Å². The van der Waals surface area contributed by atoms with E-state index in [0.29, 0.717) is 6.42 Å². The van der Waals surface area contributed by atoms with Crippen LogP contribution in [0.25, 0.3) is 0 Å². The van der Waals surface area contributed by atoms with Crippen LogP contribution in [0.3, 0.4) is 0 Å². The molecule has 17 heavy (non-hydrogen) atoms. The van der Waals surface area contributed by atoms with Crippen LogP contribution in [-0.4, -0.2) is 10.3 Å². The second-order valence-electron chi connectivity index (χ2n) is 4.38. The molecule has 1 aromatic rings. The zero-order valence-corrected chi connectivity index (χ0v) is 12.3. The Labute approximate surface area is 118 Å². The molecule has 0 aromatic heterocycles. The van der Waals surface area contributed by atoms with E-state index in [1.807, 2.05) is 24.3 Å². The second-order valence-corrected chi connectivity index (χ2v) is 6.72. The molecule has 1 aromatic carbocycles. The summed E-state index contributed by atoms with van der Waals surface area (Å²) >= 11 is 15.2. The van der Waals surface area contributed by atoms with Gasteiger partial charge < -0.3 is 4.74 Å². The number of halogens is 3. The number of benzene rings is 1. The molecular formula is C12H11BrCl2O2. The van der Waals surface area contributed by atoms with Gasteiger partial charge >= 0.3 is 5.97 Å². The molecule has 0 aliphatic heterocycles. The van der Waals surface area contributed by atoms with Gasteiger partial charge in [0.15, 0.2) is 0 Å². The van der Waals surface area contributed by atoms with E-state index in [9.17, 15) is 4.79 Å². The Morgan fingerprint density at radius 3 is 2.59 bits per heavy atom. The first-order valence-electron chi connectivity index (χ1n) is 5.15. The highest BCUT2D eigenvalue weighted by atomic mass is 79.9. The first-order valence-corrected chi connectivity index (χ1v) is 6.70. The van der Waals surface area contributed by atoms with Gasteiger partial charge in [-0.1, -0.05) is 34.1 Å². The van der Waals surface area contributed by atoms with Crippen molar-refractivity contribution >= 4 is 45.1 Å². The lowest BCUT2D eigenvalue weighted by Crippen LogP contribution is -2.21. The normalized spacial score (nSPS) is 25.4. The summed E-state index contributed by atoms with van der Waals surface area (Å²) < 4.78 is 5.17. The Balaban J connectivity index is 1.97. The summed E-state index contributed by atoms with van der Waals surface area (Å²) in [5, 5.41) is 0. The smallest absolute Gasteiger partial charge is 0.315 e. The molecule has 0 spiro atoms. The van der Waals surface area contributed by atoms with Gasteiger partial charge in [0.2, 0.25) is 0 Å². The van der Waals surface area contributed by atoms with Crippen LogP contribution < -0.4 is 0 Å². The average molecular weight is 338 g/mol. The predicted octanol–water partition coefficient (Wildman–Crippen LogP) is 4.08. The van der Waals surface area contributed by atoms with Gasteiger partial charge in [0, 0.05) is 16.5 Å². The van der Waals surface area contributed by atoms with Crippen LogP contribution in [0.15, 0.2) is 28.7 Å². The Kier molecular flexibility index (Phi) is 3.45. The molecule has 0 radical (unpaired) electrons. The summed E-state index contributed by atoms with van der Waals surface area (Å²) in [6.45, 7) is 1.94. The highest BCUT2D eigenvalue weighted by Gasteiger charge is 2.69. The minimum atomic E-state index is -0.974. The van der Waals surface area contributed by atoms with E-state index >= 15 is 0 Å². The first kappa shape index (κ1) is 13.2. The van der Waals surface area contributed by atoms with Crippen molar-refractivity contribution < 1.29 is 9.53 Å². The predicted molar refractivity (Wildman–Crippen MR) is 71.1 cm³/mol. The highest BCUT2D eigenvalue weighted by molar-refractivity contribution is 9.10. The van der Waals surface area contributed by atoms with Crippen molar-refractivity contribution in [2.24, 2.45) is 5.41 Å².